The van der Waals surface area contributed by atoms with Crippen LogP contribution in [0.5, 0.6) is 0 Å². The van der Waals surface area contributed by atoms with Gasteiger partial charge >= 0.3 is 0 Å². The summed E-state index contributed by atoms with van der Waals surface area (Å²) in [6.45, 7) is 4.73. The van der Waals surface area contributed by atoms with E-state index in [4.69, 9.17) is 0 Å². The Morgan fingerprint density at radius 3 is 2.71 bits per heavy atom. The van der Waals surface area contributed by atoms with Crippen LogP contribution in [-0.4, -0.2) is 28.7 Å². The molecule has 0 radical (unpaired) electrons. The van der Waals surface area contributed by atoms with Crippen LogP contribution in [0, 0.1) is 0 Å². The van der Waals surface area contributed by atoms with Crippen molar-refractivity contribution in [2.75, 3.05) is 11.4 Å². The van der Waals surface area contributed by atoms with Gasteiger partial charge in [0.05, 0.1) is 0 Å². The number of para-hydroxylation sites is 1. The number of anilines is 2. The Morgan fingerprint density at radius 2 is 2.00 bits per heavy atom. The second-order valence-electron chi connectivity index (χ2n) is 5.44. The van der Waals surface area contributed by atoms with Gasteiger partial charge in [0.2, 0.25) is 0 Å². The van der Waals surface area contributed by atoms with Crippen LogP contribution in [0.1, 0.15) is 29.9 Å². The molecule has 1 aromatic carbocycles. The number of aromatic nitrogens is 2. The summed E-state index contributed by atoms with van der Waals surface area (Å²) >= 11 is 0. The average Bonchev–Trinajstić information content (AvgIpc) is 2.90. The number of nitrogens with zero attached hydrogens (tertiary/aromatic N) is 3. The highest BCUT2D eigenvalue weighted by molar-refractivity contribution is 5.92. The molecule has 0 atom stereocenters. The van der Waals surface area contributed by atoms with Gasteiger partial charge in [0, 0.05) is 18.3 Å². The Balaban J connectivity index is 1.81. The zero-order valence-electron chi connectivity index (χ0n) is 12.2. The molecule has 3 rings (SSSR count). The molecule has 21 heavy (non-hydrogen) atoms. The van der Waals surface area contributed by atoms with Crippen LogP contribution in [0.3, 0.4) is 0 Å². The predicted molar refractivity (Wildman–Crippen MR) is 81.8 cm³/mol. The first-order valence-corrected chi connectivity index (χ1v) is 7.15. The number of hydrogen-bond donors (Lipinski definition) is 1. The zero-order chi connectivity index (χ0) is 14.8. The lowest BCUT2D eigenvalue weighted by atomic mass is 10.2. The third-order valence-electron chi connectivity index (χ3n) is 3.47. The van der Waals surface area contributed by atoms with Crippen molar-refractivity contribution in [1.82, 2.24) is 15.5 Å². The number of nitrogens with one attached hydrogen (secondary N) is 1. The fraction of sp³-hybridized carbons (Fsp3) is 0.312. The van der Waals surface area contributed by atoms with E-state index in [1.165, 1.54) is 11.3 Å². The van der Waals surface area contributed by atoms with E-state index in [1.807, 2.05) is 32.0 Å². The Kier molecular flexibility index (Phi) is 3.56. The van der Waals surface area contributed by atoms with Crippen molar-refractivity contribution in [3.63, 3.8) is 0 Å². The quantitative estimate of drug-likeness (QED) is 0.938. The molecule has 0 saturated carbocycles. The van der Waals surface area contributed by atoms with Crippen LogP contribution >= 0.6 is 0 Å². The number of amides is 1. The van der Waals surface area contributed by atoms with Crippen LogP contribution < -0.4 is 10.2 Å². The molecule has 5 heteroatoms. The minimum absolute atomic E-state index is 0.0874. The molecule has 1 N–H and O–H groups in total. The molecule has 1 aliphatic heterocycles. The number of carbonyl (C=O) groups is 1. The van der Waals surface area contributed by atoms with Crippen molar-refractivity contribution in [2.45, 2.75) is 26.3 Å². The zero-order valence-corrected chi connectivity index (χ0v) is 12.2. The van der Waals surface area contributed by atoms with Crippen LogP contribution in [0.25, 0.3) is 0 Å². The predicted octanol–water partition coefficient (Wildman–Crippen LogP) is 2.31. The molecule has 1 aromatic heterocycles. The molecule has 1 amide bonds. The van der Waals surface area contributed by atoms with Crippen molar-refractivity contribution in [1.29, 1.82) is 0 Å². The van der Waals surface area contributed by atoms with E-state index in [0.29, 0.717) is 5.69 Å². The highest BCUT2D eigenvalue weighted by Crippen LogP contribution is 2.32. The summed E-state index contributed by atoms with van der Waals surface area (Å²) in [6, 6.07) is 12.0. The van der Waals surface area contributed by atoms with Gasteiger partial charge in [-0.05, 0) is 44.0 Å². The molecule has 108 valence electrons. The monoisotopic (exact) mass is 282 g/mol. The van der Waals surface area contributed by atoms with Gasteiger partial charge in [0.25, 0.3) is 5.91 Å². The smallest absolute Gasteiger partial charge is 0.271 e. The molecule has 5 nitrogen and oxygen atoms in total. The summed E-state index contributed by atoms with van der Waals surface area (Å²) in [5.41, 5.74) is 2.84. The standard InChI is InChI=1S/C16H18N4O/c1-11(2)17-16(21)13-7-8-15(19-18-13)20-10-9-12-5-3-4-6-14(12)20/h3-8,11H,9-10H2,1-2H3,(H,17,21). The average molecular weight is 282 g/mol. The van der Waals surface area contributed by atoms with Gasteiger partial charge in [-0.25, -0.2) is 0 Å². The third-order valence-corrected chi connectivity index (χ3v) is 3.47. The minimum atomic E-state index is -0.189. The fourth-order valence-corrected chi connectivity index (χ4v) is 2.50. The van der Waals surface area contributed by atoms with E-state index in [9.17, 15) is 4.79 Å². The summed E-state index contributed by atoms with van der Waals surface area (Å²) in [7, 11) is 0. The topological polar surface area (TPSA) is 58.1 Å². The van der Waals surface area contributed by atoms with Gasteiger partial charge in [-0.1, -0.05) is 18.2 Å². The molecule has 0 saturated heterocycles. The molecular formula is C16H18N4O. The van der Waals surface area contributed by atoms with Crippen molar-refractivity contribution in [2.24, 2.45) is 0 Å². The maximum atomic E-state index is 11.9. The second kappa shape index (κ2) is 5.52. The van der Waals surface area contributed by atoms with Gasteiger partial charge in [-0.2, -0.15) is 0 Å². The number of carbonyl (C=O) groups excluding carboxylic acids is 1. The van der Waals surface area contributed by atoms with Gasteiger partial charge in [0.15, 0.2) is 11.5 Å². The number of rotatable bonds is 3. The van der Waals surface area contributed by atoms with Crippen molar-refractivity contribution >= 4 is 17.4 Å². The largest absolute Gasteiger partial charge is 0.348 e. The Labute approximate surface area is 124 Å². The lowest BCUT2D eigenvalue weighted by Crippen LogP contribution is -2.31. The van der Waals surface area contributed by atoms with Crippen LogP contribution in [0.15, 0.2) is 36.4 Å². The Morgan fingerprint density at radius 1 is 1.19 bits per heavy atom. The molecule has 2 heterocycles. The van der Waals surface area contributed by atoms with E-state index in [0.717, 1.165) is 18.8 Å². The van der Waals surface area contributed by atoms with E-state index < -0.39 is 0 Å². The van der Waals surface area contributed by atoms with Crippen molar-refractivity contribution in [3.8, 4) is 0 Å². The Bertz CT molecular complexity index is 652. The number of benzene rings is 1. The summed E-state index contributed by atoms with van der Waals surface area (Å²) < 4.78 is 0. The summed E-state index contributed by atoms with van der Waals surface area (Å²) in [5, 5.41) is 11.1. The molecule has 0 unspecified atom stereocenters. The highest BCUT2D eigenvalue weighted by Gasteiger charge is 2.21. The molecule has 0 spiro atoms. The van der Waals surface area contributed by atoms with Gasteiger partial charge < -0.3 is 10.2 Å². The number of fused-ring (bicyclic) bond motifs is 1. The molecule has 1 aliphatic rings. The van der Waals surface area contributed by atoms with Crippen molar-refractivity contribution < 1.29 is 4.79 Å². The first-order chi connectivity index (χ1) is 10.1. The van der Waals surface area contributed by atoms with Gasteiger partial charge in [-0.3, -0.25) is 4.79 Å². The van der Waals surface area contributed by atoms with Gasteiger partial charge in [0.1, 0.15) is 0 Å². The summed E-state index contributed by atoms with van der Waals surface area (Å²) in [6.07, 6.45) is 1.01. The SMILES string of the molecule is CC(C)NC(=O)c1ccc(N2CCc3ccccc32)nn1. The normalized spacial score (nSPS) is 13.4. The third kappa shape index (κ3) is 2.72. The van der Waals surface area contributed by atoms with Crippen LogP contribution in [0.4, 0.5) is 11.5 Å². The number of hydrogen-bond acceptors (Lipinski definition) is 4. The lowest BCUT2D eigenvalue weighted by molar-refractivity contribution is 0.0937. The molecule has 0 bridgehead atoms. The minimum Gasteiger partial charge on any atom is -0.348 e. The van der Waals surface area contributed by atoms with E-state index >= 15 is 0 Å². The molecule has 0 aliphatic carbocycles. The first kappa shape index (κ1) is 13.5. The van der Waals surface area contributed by atoms with Crippen molar-refractivity contribution in [3.05, 3.63) is 47.7 Å². The van der Waals surface area contributed by atoms with E-state index in [-0.39, 0.29) is 11.9 Å². The van der Waals surface area contributed by atoms with Gasteiger partial charge in [-0.15, -0.1) is 10.2 Å². The lowest BCUT2D eigenvalue weighted by Gasteiger charge is -2.17. The maximum absolute atomic E-state index is 11.9. The van der Waals surface area contributed by atoms with E-state index in [1.54, 1.807) is 6.07 Å². The Hall–Kier alpha value is -2.43. The maximum Gasteiger partial charge on any atom is 0.271 e. The molecular weight excluding hydrogens is 264 g/mol. The van der Waals surface area contributed by atoms with Crippen LogP contribution in [-0.2, 0) is 6.42 Å². The molecule has 0 fully saturated rings. The van der Waals surface area contributed by atoms with E-state index in [2.05, 4.69) is 32.5 Å². The second-order valence-corrected chi connectivity index (χ2v) is 5.44. The fourth-order valence-electron chi connectivity index (χ4n) is 2.50. The summed E-state index contributed by atoms with van der Waals surface area (Å²) in [4.78, 5) is 14.0. The van der Waals surface area contributed by atoms with Crippen LogP contribution in [0.2, 0.25) is 0 Å². The summed E-state index contributed by atoms with van der Waals surface area (Å²) in [5.74, 6) is 0.590. The highest BCUT2D eigenvalue weighted by atomic mass is 16.2. The first-order valence-electron chi connectivity index (χ1n) is 7.15. The molecule has 2 aromatic rings.